The Bertz CT molecular complexity index is 137. The molecule has 10 heavy (non-hydrogen) atoms. The molecule has 0 N–H and O–H groups in total. The van der Waals surface area contributed by atoms with E-state index in [9.17, 15) is 0 Å². The molecule has 3 nitrogen and oxygen atoms in total. The van der Waals surface area contributed by atoms with Crippen molar-refractivity contribution in [2.24, 2.45) is 5.10 Å². The van der Waals surface area contributed by atoms with Crippen LogP contribution in [-0.4, -0.2) is 35.5 Å². The molecule has 0 aromatic heterocycles. The van der Waals surface area contributed by atoms with E-state index in [0.717, 1.165) is 13.0 Å². The fraction of sp³-hybridized carbons (Fsp3) is 0.833. The van der Waals surface area contributed by atoms with Crippen LogP contribution in [0, 0.1) is 0 Å². The molecule has 4 heteroatoms. The summed E-state index contributed by atoms with van der Waals surface area (Å²) in [6.07, 6.45) is 2.82. The van der Waals surface area contributed by atoms with Crippen molar-refractivity contribution in [2.75, 3.05) is 13.6 Å². The van der Waals surface area contributed by atoms with Crippen molar-refractivity contribution >= 4 is 17.9 Å². The van der Waals surface area contributed by atoms with Crippen molar-refractivity contribution in [3.8, 4) is 0 Å². The van der Waals surface area contributed by atoms with E-state index < -0.39 is 0 Å². The van der Waals surface area contributed by atoms with Gasteiger partial charge in [0.05, 0.1) is 0 Å². The van der Waals surface area contributed by atoms with E-state index in [2.05, 4.69) is 12.0 Å². The number of hydrogen-bond donors (Lipinski definition) is 0. The summed E-state index contributed by atoms with van der Waals surface area (Å²) in [5.41, 5.74) is -0.0834. The standard InChI is InChI=1S/C6H12ClN3/c1-3-4-10-6(7)9(2)5-8-10/h5-6H,3-4H2,1-2H3. The van der Waals surface area contributed by atoms with E-state index in [0.29, 0.717) is 0 Å². The Kier molecular flexibility index (Phi) is 2.38. The maximum atomic E-state index is 5.93. The summed E-state index contributed by atoms with van der Waals surface area (Å²) in [6.45, 7) is 3.03. The van der Waals surface area contributed by atoms with Crippen molar-refractivity contribution in [1.82, 2.24) is 9.91 Å². The Morgan fingerprint density at radius 3 is 2.80 bits per heavy atom. The molecule has 1 aliphatic rings. The second-order valence-corrected chi connectivity index (χ2v) is 2.76. The zero-order valence-corrected chi connectivity index (χ0v) is 7.04. The van der Waals surface area contributed by atoms with Crippen molar-refractivity contribution in [1.29, 1.82) is 0 Å². The summed E-state index contributed by atoms with van der Waals surface area (Å²) < 4.78 is 0. The van der Waals surface area contributed by atoms with Crippen LogP contribution in [0.3, 0.4) is 0 Å². The van der Waals surface area contributed by atoms with Gasteiger partial charge >= 0.3 is 0 Å². The average molecular weight is 162 g/mol. The molecule has 0 saturated carbocycles. The van der Waals surface area contributed by atoms with Crippen LogP contribution in [0.4, 0.5) is 0 Å². The van der Waals surface area contributed by atoms with Crippen LogP contribution < -0.4 is 0 Å². The Balaban J connectivity index is 2.41. The van der Waals surface area contributed by atoms with E-state index in [1.807, 2.05) is 17.0 Å². The molecule has 0 aromatic carbocycles. The van der Waals surface area contributed by atoms with Gasteiger partial charge in [0.1, 0.15) is 6.34 Å². The van der Waals surface area contributed by atoms with Crippen molar-refractivity contribution in [2.45, 2.75) is 19.0 Å². The molecule has 1 aliphatic heterocycles. The summed E-state index contributed by atoms with van der Waals surface area (Å²) in [5.74, 6) is 0. The van der Waals surface area contributed by atoms with E-state index in [1.165, 1.54) is 0 Å². The van der Waals surface area contributed by atoms with Crippen LogP contribution in [0.1, 0.15) is 13.3 Å². The SMILES string of the molecule is CCCN1N=CN(C)C1Cl. The smallest absolute Gasteiger partial charge is 0.195 e. The Hall–Kier alpha value is -0.440. The molecule has 1 atom stereocenters. The highest BCUT2D eigenvalue weighted by atomic mass is 35.5. The van der Waals surface area contributed by atoms with Gasteiger partial charge in [0.15, 0.2) is 5.62 Å². The summed E-state index contributed by atoms with van der Waals surface area (Å²) in [7, 11) is 1.91. The van der Waals surface area contributed by atoms with Crippen LogP contribution >= 0.6 is 11.6 Å². The van der Waals surface area contributed by atoms with Gasteiger partial charge in [0.2, 0.25) is 0 Å². The molecule has 1 unspecified atom stereocenters. The fourth-order valence-electron chi connectivity index (χ4n) is 0.861. The number of alkyl halides is 1. The molecule has 0 aromatic rings. The predicted molar refractivity (Wildman–Crippen MR) is 42.9 cm³/mol. The van der Waals surface area contributed by atoms with E-state index in [4.69, 9.17) is 11.6 Å². The average Bonchev–Trinajstić information content (AvgIpc) is 2.20. The number of hydrogen-bond acceptors (Lipinski definition) is 3. The minimum absolute atomic E-state index is 0.0834. The van der Waals surface area contributed by atoms with Crippen LogP contribution in [0.5, 0.6) is 0 Å². The molecule has 0 fully saturated rings. The molecule has 0 saturated heterocycles. The number of rotatable bonds is 2. The monoisotopic (exact) mass is 161 g/mol. The van der Waals surface area contributed by atoms with Gasteiger partial charge < -0.3 is 4.90 Å². The summed E-state index contributed by atoms with van der Waals surface area (Å²) in [6, 6.07) is 0. The third kappa shape index (κ3) is 1.34. The molecular weight excluding hydrogens is 150 g/mol. The van der Waals surface area contributed by atoms with E-state index >= 15 is 0 Å². The Morgan fingerprint density at radius 1 is 1.70 bits per heavy atom. The highest BCUT2D eigenvalue weighted by Crippen LogP contribution is 2.13. The second kappa shape index (κ2) is 3.10. The maximum absolute atomic E-state index is 5.93. The molecule has 0 radical (unpaired) electrons. The predicted octanol–water partition coefficient (Wildman–Crippen LogP) is 1.11. The first-order valence-electron chi connectivity index (χ1n) is 3.42. The topological polar surface area (TPSA) is 18.8 Å². The molecule has 0 spiro atoms. The highest BCUT2D eigenvalue weighted by Gasteiger charge is 2.20. The lowest BCUT2D eigenvalue weighted by molar-refractivity contribution is 0.217. The van der Waals surface area contributed by atoms with Crippen molar-refractivity contribution < 1.29 is 0 Å². The lowest BCUT2D eigenvalue weighted by atomic mass is 10.5. The quantitative estimate of drug-likeness (QED) is 0.447. The molecule has 0 bridgehead atoms. The molecule has 58 valence electrons. The molecule has 1 rings (SSSR count). The lowest BCUT2D eigenvalue weighted by Gasteiger charge is -2.21. The van der Waals surface area contributed by atoms with Gasteiger partial charge in [-0.1, -0.05) is 18.5 Å². The van der Waals surface area contributed by atoms with E-state index in [1.54, 1.807) is 6.34 Å². The first-order valence-corrected chi connectivity index (χ1v) is 3.86. The van der Waals surface area contributed by atoms with Gasteiger partial charge in [-0.25, -0.2) is 0 Å². The van der Waals surface area contributed by atoms with Crippen LogP contribution in [0.25, 0.3) is 0 Å². The molecule has 0 aliphatic carbocycles. The lowest BCUT2D eigenvalue weighted by Crippen LogP contribution is -2.32. The van der Waals surface area contributed by atoms with Gasteiger partial charge in [0, 0.05) is 13.6 Å². The fourth-order valence-corrected chi connectivity index (χ4v) is 1.06. The number of hydrazone groups is 1. The number of halogens is 1. The van der Waals surface area contributed by atoms with Gasteiger partial charge in [-0.2, -0.15) is 5.10 Å². The van der Waals surface area contributed by atoms with Gasteiger partial charge in [-0.15, -0.1) is 0 Å². The summed E-state index contributed by atoms with van der Waals surface area (Å²) in [4.78, 5) is 1.87. The Labute approximate surface area is 66.2 Å². The van der Waals surface area contributed by atoms with Gasteiger partial charge in [0.25, 0.3) is 0 Å². The van der Waals surface area contributed by atoms with Crippen LogP contribution in [0.15, 0.2) is 5.10 Å². The zero-order chi connectivity index (χ0) is 7.56. The largest absolute Gasteiger partial charge is 0.330 e. The third-order valence-corrected chi connectivity index (χ3v) is 1.95. The molecular formula is C6H12ClN3. The minimum Gasteiger partial charge on any atom is -0.330 e. The first-order chi connectivity index (χ1) is 4.75. The first kappa shape index (κ1) is 7.66. The molecule has 1 heterocycles. The van der Waals surface area contributed by atoms with Crippen LogP contribution in [0.2, 0.25) is 0 Å². The second-order valence-electron chi connectivity index (χ2n) is 2.37. The van der Waals surface area contributed by atoms with Crippen molar-refractivity contribution in [3.63, 3.8) is 0 Å². The highest BCUT2D eigenvalue weighted by molar-refractivity contribution is 6.20. The van der Waals surface area contributed by atoms with Crippen molar-refractivity contribution in [3.05, 3.63) is 0 Å². The Morgan fingerprint density at radius 2 is 2.40 bits per heavy atom. The van der Waals surface area contributed by atoms with Gasteiger partial charge in [-0.3, -0.25) is 5.01 Å². The third-order valence-electron chi connectivity index (χ3n) is 1.42. The summed E-state index contributed by atoms with van der Waals surface area (Å²) in [5, 5.41) is 5.95. The van der Waals surface area contributed by atoms with Crippen LogP contribution in [-0.2, 0) is 0 Å². The minimum atomic E-state index is -0.0834. The normalized spacial score (nSPS) is 24.5. The van der Waals surface area contributed by atoms with E-state index in [-0.39, 0.29) is 5.62 Å². The summed E-state index contributed by atoms with van der Waals surface area (Å²) >= 11 is 5.93. The number of nitrogens with zero attached hydrogens (tertiary/aromatic N) is 3. The molecule has 0 amide bonds. The zero-order valence-electron chi connectivity index (χ0n) is 6.29. The maximum Gasteiger partial charge on any atom is 0.195 e. The van der Waals surface area contributed by atoms with Gasteiger partial charge in [-0.05, 0) is 6.42 Å².